The van der Waals surface area contributed by atoms with Crippen LogP contribution in [0.25, 0.3) is 22.6 Å². The predicted molar refractivity (Wildman–Crippen MR) is 78.8 cm³/mol. The van der Waals surface area contributed by atoms with Crippen LogP contribution in [0, 0.1) is 5.41 Å². The largest absolute Gasteiger partial charge is 0.405 e. The van der Waals surface area contributed by atoms with Crippen molar-refractivity contribution < 1.29 is 9.53 Å². The topological polar surface area (TPSA) is 83.7 Å². The number of aromatic nitrogens is 4. The average molecular weight is 284 g/mol. The number of H-pyrrole nitrogens is 2. The minimum atomic E-state index is -0.571. The molecule has 6 nitrogen and oxygen atoms in total. The zero-order valence-electron chi connectivity index (χ0n) is 12.1. The van der Waals surface area contributed by atoms with Crippen molar-refractivity contribution in [3.63, 3.8) is 0 Å². The molecule has 0 atom stereocenters. The molecule has 3 aromatic rings. The van der Waals surface area contributed by atoms with Crippen molar-refractivity contribution in [1.82, 2.24) is 20.2 Å². The Morgan fingerprint density at radius 2 is 2.00 bits per heavy atom. The monoisotopic (exact) mass is 284 g/mol. The lowest BCUT2D eigenvalue weighted by atomic mass is 9.97. The zero-order valence-corrected chi connectivity index (χ0v) is 12.1. The second-order valence-electron chi connectivity index (χ2n) is 5.86. The van der Waals surface area contributed by atoms with Crippen molar-refractivity contribution in [2.24, 2.45) is 5.41 Å². The van der Waals surface area contributed by atoms with Crippen molar-refractivity contribution in [3.8, 4) is 17.4 Å². The molecule has 0 radical (unpaired) electrons. The van der Waals surface area contributed by atoms with E-state index in [9.17, 15) is 4.79 Å². The van der Waals surface area contributed by atoms with E-state index in [2.05, 4.69) is 20.2 Å². The highest BCUT2D eigenvalue weighted by Gasteiger charge is 2.24. The van der Waals surface area contributed by atoms with Gasteiger partial charge in [-0.25, -0.2) is 4.98 Å². The van der Waals surface area contributed by atoms with Crippen LogP contribution in [0.15, 0.2) is 30.3 Å². The van der Waals surface area contributed by atoms with Crippen molar-refractivity contribution in [1.29, 1.82) is 0 Å². The van der Waals surface area contributed by atoms with E-state index in [-0.39, 0.29) is 11.8 Å². The predicted octanol–water partition coefficient (Wildman–Crippen LogP) is 2.90. The molecular formula is C15H16N4O2. The van der Waals surface area contributed by atoms with Gasteiger partial charge in [-0.1, -0.05) is 12.1 Å². The number of carbonyl (C=O) groups excluding carboxylic acids is 1. The average Bonchev–Trinajstić information content (AvgIpc) is 3.02. The molecule has 21 heavy (non-hydrogen) atoms. The Morgan fingerprint density at radius 1 is 1.24 bits per heavy atom. The van der Waals surface area contributed by atoms with E-state index in [0.29, 0.717) is 11.5 Å². The summed E-state index contributed by atoms with van der Waals surface area (Å²) in [7, 11) is 0. The number of fused-ring (bicyclic) bond motifs is 1. The van der Waals surface area contributed by atoms with Gasteiger partial charge in [-0.05, 0) is 32.9 Å². The molecule has 0 fully saturated rings. The number of para-hydroxylation sites is 2. The standard InChI is InChI=1S/C15H16N4O2/c1-15(2,3)14(20)21-12-8-11(18-19-12)13-16-9-6-4-5-7-10(9)17-13/h4-8H,1-3H3,(H,16,17)(H,18,19). The summed E-state index contributed by atoms with van der Waals surface area (Å²) in [5.74, 6) is 0.567. The van der Waals surface area contributed by atoms with Gasteiger partial charge in [0.2, 0.25) is 5.88 Å². The molecule has 0 amide bonds. The van der Waals surface area contributed by atoms with Gasteiger partial charge in [-0.3, -0.25) is 9.89 Å². The molecule has 0 aliphatic heterocycles. The van der Waals surface area contributed by atoms with E-state index in [1.165, 1.54) is 0 Å². The molecule has 2 aromatic heterocycles. The fourth-order valence-corrected chi connectivity index (χ4v) is 1.81. The number of rotatable bonds is 2. The summed E-state index contributed by atoms with van der Waals surface area (Å²) in [5, 5.41) is 6.81. The van der Waals surface area contributed by atoms with Gasteiger partial charge in [0.05, 0.1) is 16.4 Å². The van der Waals surface area contributed by atoms with Gasteiger partial charge in [-0.15, -0.1) is 5.10 Å². The smallest absolute Gasteiger partial charge is 0.317 e. The van der Waals surface area contributed by atoms with E-state index in [1.54, 1.807) is 26.8 Å². The molecular weight excluding hydrogens is 268 g/mol. The number of hydrogen-bond acceptors (Lipinski definition) is 4. The van der Waals surface area contributed by atoms with E-state index < -0.39 is 5.41 Å². The highest BCUT2D eigenvalue weighted by molar-refractivity contribution is 5.79. The quantitative estimate of drug-likeness (QED) is 0.709. The van der Waals surface area contributed by atoms with Gasteiger partial charge in [0.15, 0.2) is 5.82 Å². The van der Waals surface area contributed by atoms with Crippen LogP contribution in [0.1, 0.15) is 20.8 Å². The van der Waals surface area contributed by atoms with Crippen LogP contribution >= 0.6 is 0 Å². The Morgan fingerprint density at radius 3 is 2.71 bits per heavy atom. The molecule has 0 saturated heterocycles. The van der Waals surface area contributed by atoms with Gasteiger partial charge in [0.1, 0.15) is 5.69 Å². The number of aromatic amines is 2. The molecule has 2 heterocycles. The molecule has 6 heteroatoms. The van der Waals surface area contributed by atoms with Crippen molar-refractivity contribution in [2.45, 2.75) is 20.8 Å². The second kappa shape index (κ2) is 4.73. The Hall–Kier alpha value is -2.63. The van der Waals surface area contributed by atoms with E-state index in [0.717, 1.165) is 11.0 Å². The number of carbonyl (C=O) groups is 1. The van der Waals surface area contributed by atoms with Crippen LogP contribution in [0.3, 0.4) is 0 Å². The summed E-state index contributed by atoms with van der Waals surface area (Å²) < 4.78 is 5.23. The summed E-state index contributed by atoms with van der Waals surface area (Å²) in [6.07, 6.45) is 0. The summed E-state index contributed by atoms with van der Waals surface area (Å²) in [6.45, 7) is 5.38. The Balaban J connectivity index is 1.86. The van der Waals surface area contributed by atoms with Crippen LogP contribution in [0.2, 0.25) is 0 Å². The first-order valence-electron chi connectivity index (χ1n) is 6.66. The van der Waals surface area contributed by atoms with E-state index >= 15 is 0 Å². The number of benzene rings is 1. The Kier molecular flexibility index (Phi) is 3.01. The van der Waals surface area contributed by atoms with E-state index in [4.69, 9.17) is 4.74 Å². The molecule has 1 aromatic carbocycles. The van der Waals surface area contributed by atoms with Gasteiger partial charge in [0.25, 0.3) is 0 Å². The minimum Gasteiger partial charge on any atom is -0.405 e. The lowest BCUT2D eigenvalue weighted by Gasteiger charge is -2.14. The number of hydrogen-bond donors (Lipinski definition) is 2. The van der Waals surface area contributed by atoms with Crippen LogP contribution in [-0.4, -0.2) is 26.1 Å². The number of nitrogens with one attached hydrogen (secondary N) is 2. The van der Waals surface area contributed by atoms with E-state index in [1.807, 2.05) is 24.3 Å². The molecule has 3 rings (SSSR count). The molecule has 0 unspecified atom stereocenters. The summed E-state index contributed by atoms with van der Waals surface area (Å²) >= 11 is 0. The first kappa shape index (κ1) is 13.4. The minimum absolute atomic E-state index is 0.241. The summed E-state index contributed by atoms with van der Waals surface area (Å²) in [6, 6.07) is 9.39. The maximum atomic E-state index is 11.8. The fourth-order valence-electron chi connectivity index (χ4n) is 1.81. The van der Waals surface area contributed by atoms with Crippen molar-refractivity contribution in [2.75, 3.05) is 0 Å². The number of ether oxygens (including phenoxy) is 1. The maximum Gasteiger partial charge on any atom is 0.317 e. The fraction of sp³-hybridized carbons (Fsp3) is 0.267. The first-order chi connectivity index (χ1) is 9.93. The van der Waals surface area contributed by atoms with Gasteiger partial charge in [-0.2, -0.15) is 0 Å². The van der Waals surface area contributed by atoms with Crippen LogP contribution < -0.4 is 4.74 Å². The van der Waals surface area contributed by atoms with Crippen molar-refractivity contribution >= 4 is 17.0 Å². The number of esters is 1. The SMILES string of the molecule is CC(C)(C)C(=O)Oc1cc(-c2nc3ccccc3[nH]2)[nH]n1. The number of nitrogens with zero attached hydrogens (tertiary/aromatic N) is 2. The molecule has 0 saturated carbocycles. The molecule has 108 valence electrons. The van der Waals surface area contributed by atoms with Crippen molar-refractivity contribution in [3.05, 3.63) is 30.3 Å². The Bertz CT molecular complexity index is 762. The highest BCUT2D eigenvalue weighted by atomic mass is 16.5. The summed E-state index contributed by atoms with van der Waals surface area (Å²) in [5.41, 5.74) is 1.91. The lowest BCUT2D eigenvalue weighted by molar-refractivity contribution is -0.143. The molecule has 0 spiro atoms. The molecule has 0 aliphatic rings. The highest BCUT2D eigenvalue weighted by Crippen LogP contribution is 2.23. The second-order valence-corrected chi connectivity index (χ2v) is 5.86. The van der Waals surface area contributed by atoms with Crippen LogP contribution in [0.5, 0.6) is 5.88 Å². The lowest BCUT2D eigenvalue weighted by Crippen LogP contribution is -2.25. The first-order valence-corrected chi connectivity index (χ1v) is 6.66. The van der Waals surface area contributed by atoms with Gasteiger partial charge in [0, 0.05) is 6.07 Å². The normalized spacial score (nSPS) is 11.8. The molecule has 0 bridgehead atoms. The maximum absolute atomic E-state index is 11.8. The van der Waals surface area contributed by atoms with Crippen LogP contribution in [-0.2, 0) is 4.79 Å². The third-order valence-electron chi connectivity index (χ3n) is 3.01. The molecule has 0 aliphatic carbocycles. The molecule has 2 N–H and O–H groups in total. The number of imidazole rings is 1. The summed E-state index contributed by atoms with van der Waals surface area (Å²) in [4.78, 5) is 19.5. The third-order valence-corrected chi connectivity index (χ3v) is 3.01. The zero-order chi connectivity index (χ0) is 15.0. The Labute approximate surface area is 121 Å². The van der Waals surface area contributed by atoms with Crippen LogP contribution in [0.4, 0.5) is 0 Å². The third kappa shape index (κ3) is 2.65. The van der Waals surface area contributed by atoms with Gasteiger partial charge >= 0.3 is 5.97 Å². The van der Waals surface area contributed by atoms with Gasteiger partial charge < -0.3 is 9.72 Å².